The van der Waals surface area contributed by atoms with Crippen molar-refractivity contribution < 1.29 is 0 Å². The normalized spacial score (nSPS) is 11.5. The van der Waals surface area contributed by atoms with E-state index in [1.54, 1.807) is 12.5 Å². The number of rotatable bonds is 3. The molecule has 106 valence electrons. The van der Waals surface area contributed by atoms with E-state index in [9.17, 15) is 0 Å². The van der Waals surface area contributed by atoms with Crippen LogP contribution >= 0.6 is 0 Å². The van der Waals surface area contributed by atoms with Crippen molar-refractivity contribution in [1.29, 1.82) is 0 Å². The average molecular weight is 288 g/mol. The van der Waals surface area contributed by atoms with Crippen molar-refractivity contribution in [3.8, 4) is 0 Å². The van der Waals surface area contributed by atoms with Crippen LogP contribution in [0.2, 0.25) is 0 Å². The lowest BCUT2D eigenvalue weighted by atomic mass is 10.2. The van der Waals surface area contributed by atoms with Crippen LogP contribution in [0.5, 0.6) is 0 Å². The number of hydrogen-bond acceptors (Lipinski definition) is 5. The number of hydrogen-bond donors (Lipinski definition) is 1. The molecule has 0 saturated carbocycles. The van der Waals surface area contributed by atoms with E-state index in [1.807, 2.05) is 59.0 Å². The lowest BCUT2D eigenvalue weighted by Gasteiger charge is -2.05. The van der Waals surface area contributed by atoms with Crippen molar-refractivity contribution in [2.45, 2.75) is 0 Å². The lowest BCUT2D eigenvalue weighted by molar-refractivity contribution is 1.11. The highest BCUT2D eigenvalue weighted by molar-refractivity contribution is 5.84. The minimum atomic E-state index is 0.573. The quantitative estimate of drug-likeness (QED) is 0.465. The van der Waals surface area contributed by atoms with Crippen LogP contribution in [0.15, 0.2) is 66.0 Å². The standard InChI is InChI=1S/C16H12N6/c1-2-6-12(7-3-1)10-17-20-15-16-21-18-11-22(16)14-9-5-4-8-13(14)19-15/h1-11H,(H,19,20). The van der Waals surface area contributed by atoms with E-state index >= 15 is 0 Å². The molecule has 0 fully saturated rings. The second-order valence-corrected chi connectivity index (χ2v) is 4.75. The van der Waals surface area contributed by atoms with E-state index in [0.29, 0.717) is 11.5 Å². The summed E-state index contributed by atoms with van der Waals surface area (Å²) in [6, 6.07) is 17.7. The third-order valence-electron chi connectivity index (χ3n) is 3.32. The van der Waals surface area contributed by atoms with E-state index < -0.39 is 0 Å². The zero-order valence-corrected chi connectivity index (χ0v) is 11.6. The van der Waals surface area contributed by atoms with Crippen LogP contribution < -0.4 is 5.43 Å². The summed E-state index contributed by atoms with van der Waals surface area (Å²) in [5, 5.41) is 12.3. The van der Waals surface area contributed by atoms with Gasteiger partial charge in [0.25, 0.3) is 0 Å². The van der Waals surface area contributed by atoms with Gasteiger partial charge >= 0.3 is 0 Å². The highest BCUT2D eigenvalue weighted by Gasteiger charge is 2.08. The zero-order valence-electron chi connectivity index (χ0n) is 11.6. The number of anilines is 1. The summed E-state index contributed by atoms with van der Waals surface area (Å²) < 4.78 is 1.89. The molecule has 6 nitrogen and oxygen atoms in total. The first-order chi connectivity index (χ1) is 10.9. The predicted octanol–water partition coefficient (Wildman–Crippen LogP) is 2.72. The number of nitrogens with zero attached hydrogens (tertiary/aromatic N) is 5. The highest BCUT2D eigenvalue weighted by Crippen LogP contribution is 2.19. The molecule has 4 rings (SSSR count). The Kier molecular flexibility index (Phi) is 2.97. The van der Waals surface area contributed by atoms with Crippen molar-refractivity contribution in [1.82, 2.24) is 19.6 Å². The van der Waals surface area contributed by atoms with E-state index in [-0.39, 0.29) is 0 Å². The summed E-state index contributed by atoms with van der Waals surface area (Å²) >= 11 is 0. The molecular weight excluding hydrogens is 276 g/mol. The Hall–Kier alpha value is -3.28. The lowest BCUT2D eigenvalue weighted by Crippen LogP contribution is -1.99. The van der Waals surface area contributed by atoms with E-state index in [0.717, 1.165) is 16.6 Å². The number of fused-ring (bicyclic) bond motifs is 3. The zero-order chi connectivity index (χ0) is 14.8. The summed E-state index contributed by atoms with van der Waals surface area (Å²) in [6.07, 6.45) is 3.41. The number of hydrazone groups is 1. The maximum absolute atomic E-state index is 4.56. The number of nitrogens with one attached hydrogen (secondary N) is 1. The van der Waals surface area contributed by atoms with Crippen LogP contribution in [-0.2, 0) is 0 Å². The summed E-state index contributed by atoms with van der Waals surface area (Å²) in [5.41, 5.74) is 6.41. The van der Waals surface area contributed by atoms with Crippen LogP contribution in [0.4, 0.5) is 5.82 Å². The van der Waals surface area contributed by atoms with Gasteiger partial charge in [0.05, 0.1) is 17.2 Å². The van der Waals surface area contributed by atoms with Gasteiger partial charge in [-0.15, -0.1) is 10.2 Å². The SMILES string of the molecule is C(=NNc1nc2ccccc2n2cnnc12)c1ccccc1. The molecular formula is C16H12N6. The molecule has 0 bridgehead atoms. The minimum Gasteiger partial charge on any atom is -0.277 e. The maximum atomic E-state index is 4.56. The van der Waals surface area contributed by atoms with Gasteiger partial charge in [-0.05, 0) is 17.7 Å². The van der Waals surface area contributed by atoms with Gasteiger partial charge in [-0.25, -0.2) is 4.98 Å². The molecule has 0 unspecified atom stereocenters. The molecule has 0 atom stereocenters. The van der Waals surface area contributed by atoms with Gasteiger partial charge in [0, 0.05) is 0 Å². The third-order valence-corrected chi connectivity index (χ3v) is 3.32. The fourth-order valence-electron chi connectivity index (χ4n) is 2.29. The first-order valence-corrected chi connectivity index (χ1v) is 6.84. The van der Waals surface area contributed by atoms with Gasteiger partial charge in [0.1, 0.15) is 6.33 Å². The monoisotopic (exact) mass is 288 g/mol. The predicted molar refractivity (Wildman–Crippen MR) is 85.9 cm³/mol. The molecule has 0 saturated heterocycles. The summed E-state index contributed by atoms with van der Waals surface area (Å²) in [6.45, 7) is 0. The van der Waals surface area contributed by atoms with Gasteiger partial charge in [0.2, 0.25) is 5.65 Å². The summed E-state index contributed by atoms with van der Waals surface area (Å²) in [7, 11) is 0. The molecule has 2 aromatic carbocycles. The van der Waals surface area contributed by atoms with Gasteiger partial charge in [-0.3, -0.25) is 9.83 Å². The number of aromatic nitrogens is 4. The van der Waals surface area contributed by atoms with E-state index in [4.69, 9.17) is 0 Å². The van der Waals surface area contributed by atoms with Gasteiger partial charge in [-0.2, -0.15) is 5.10 Å². The van der Waals surface area contributed by atoms with Crippen LogP contribution in [0.25, 0.3) is 16.7 Å². The van der Waals surface area contributed by atoms with Gasteiger partial charge < -0.3 is 0 Å². The second-order valence-electron chi connectivity index (χ2n) is 4.75. The van der Waals surface area contributed by atoms with Gasteiger partial charge in [0.15, 0.2) is 5.82 Å². The molecule has 6 heteroatoms. The first-order valence-electron chi connectivity index (χ1n) is 6.84. The topological polar surface area (TPSA) is 67.5 Å². The second kappa shape index (κ2) is 5.25. The van der Waals surface area contributed by atoms with Gasteiger partial charge in [-0.1, -0.05) is 42.5 Å². The smallest absolute Gasteiger partial charge is 0.205 e. The van der Waals surface area contributed by atoms with E-state index in [2.05, 4.69) is 25.7 Å². The minimum absolute atomic E-state index is 0.573. The number of para-hydroxylation sites is 2. The first kappa shape index (κ1) is 12.5. The van der Waals surface area contributed by atoms with Crippen molar-refractivity contribution >= 4 is 28.7 Å². The fourth-order valence-corrected chi connectivity index (χ4v) is 2.29. The highest BCUT2D eigenvalue weighted by atomic mass is 15.3. The van der Waals surface area contributed by atoms with Crippen LogP contribution in [0, 0.1) is 0 Å². The van der Waals surface area contributed by atoms with Crippen molar-refractivity contribution in [3.63, 3.8) is 0 Å². The maximum Gasteiger partial charge on any atom is 0.205 e. The molecule has 0 aliphatic heterocycles. The van der Waals surface area contributed by atoms with Crippen LogP contribution in [0.1, 0.15) is 5.56 Å². The average Bonchev–Trinajstić information content (AvgIpc) is 3.06. The van der Waals surface area contributed by atoms with Crippen molar-refractivity contribution in [2.75, 3.05) is 5.43 Å². The molecule has 4 aromatic rings. The molecule has 0 radical (unpaired) electrons. The fraction of sp³-hybridized carbons (Fsp3) is 0. The number of benzene rings is 2. The molecule has 0 aliphatic carbocycles. The third kappa shape index (κ3) is 2.16. The molecule has 0 aliphatic rings. The van der Waals surface area contributed by atoms with Crippen LogP contribution in [-0.4, -0.2) is 25.8 Å². The van der Waals surface area contributed by atoms with Crippen molar-refractivity contribution in [3.05, 3.63) is 66.5 Å². The Balaban J connectivity index is 1.74. The van der Waals surface area contributed by atoms with E-state index in [1.165, 1.54) is 0 Å². The Morgan fingerprint density at radius 3 is 2.73 bits per heavy atom. The Labute approximate surface area is 126 Å². The summed E-state index contributed by atoms with van der Waals surface area (Å²) in [4.78, 5) is 4.56. The molecule has 2 heterocycles. The molecule has 1 N–H and O–H groups in total. The Morgan fingerprint density at radius 1 is 1.00 bits per heavy atom. The Bertz CT molecular complexity index is 958. The largest absolute Gasteiger partial charge is 0.277 e. The molecule has 2 aromatic heterocycles. The van der Waals surface area contributed by atoms with Crippen LogP contribution in [0.3, 0.4) is 0 Å². The van der Waals surface area contributed by atoms with Crippen molar-refractivity contribution in [2.24, 2.45) is 5.10 Å². The molecule has 0 spiro atoms. The summed E-state index contributed by atoms with van der Waals surface area (Å²) in [5.74, 6) is 0.573. The molecule has 0 amide bonds. The molecule has 22 heavy (non-hydrogen) atoms. The Morgan fingerprint density at radius 2 is 1.82 bits per heavy atom.